The number of carbonyl (C=O) groups is 1. The molecule has 0 bridgehead atoms. The van der Waals surface area contributed by atoms with Gasteiger partial charge in [0.25, 0.3) is 5.56 Å². The summed E-state index contributed by atoms with van der Waals surface area (Å²) in [6.45, 7) is 3.17. The highest BCUT2D eigenvalue weighted by Crippen LogP contribution is 2.37. The summed E-state index contributed by atoms with van der Waals surface area (Å²) in [5, 5.41) is 24.1. The number of fused-ring (bicyclic) bond motifs is 2. The minimum Gasteiger partial charge on any atom is -0.447 e. The highest BCUT2D eigenvalue weighted by molar-refractivity contribution is 7.15. The van der Waals surface area contributed by atoms with Gasteiger partial charge < -0.3 is 25.8 Å². The number of piperidine rings is 1. The average Bonchev–Trinajstić information content (AvgIpc) is 3.62. The fourth-order valence-corrected chi connectivity index (χ4v) is 6.41. The van der Waals surface area contributed by atoms with Crippen LogP contribution in [-0.4, -0.2) is 62.4 Å². The van der Waals surface area contributed by atoms with Crippen molar-refractivity contribution in [2.75, 3.05) is 25.0 Å². The van der Waals surface area contributed by atoms with Crippen molar-refractivity contribution in [3.63, 3.8) is 0 Å². The molecule has 2 aliphatic rings. The second kappa shape index (κ2) is 10.9. The minimum absolute atomic E-state index is 0.0118. The molecule has 12 heteroatoms. The summed E-state index contributed by atoms with van der Waals surface area (Å²) in [4.78, 5) is 37.6. The van der Waals surface area contributed by atoms with Gasteiger partial charge in [0.2, 0.25) is 0 Å². The van der Waals surface area contributed by atoms with Crippen molar-refractivity contribution < 1.29 is 14.6 Å². The Labute approximate surface area is 239 Å². The van der Waals surface area contributed by atoms with Crippen molar-refractivity contribution >= 4 is 34.0 Å². The summed E-state index contributed by atoms with van der Waals surface area (Å²) in [6.07, 6.45) is 2.00. The molecule has 3 atom stereocenters. The molecule has 2 fully saturated rings. The van der Waals surface area contributed by atoms with Gasteiger partial charge in [-0.05, 0) is 49.6 Å². The molecule has 2 aliphatic heterocycles. The van der Waals surface area contributed by atoms with Crippen LogP contribution in [0.4, 0.5) is 10.5 Å². The lowest BCUT2D eigenvalue weighted by Crippen LogP contribution is -2.45. The fourth-order valence-electron chi connectivity index (χ4n) is 5.46. The molecule has 6 rings (SSSR count). The fraction of sp³-hybridized carbons (Fsp3) is 0.345. The van der Waals surface area contributed by atoms with Crippen molar-refractivity contribution in [1.29, 1.82) is 5.26 Å². The first kappa shape index (κ1) is 26.9. The summed E-state index contributed by atoms with van der Waals surface area (Å²) < 4.78 is 6.87. The van der Waals surface area contributed by atoms with Crippen molar-refractivity contribution in [2.24, 2.45) is 5.73 Å². The van der Waals surface area contributed by atoms with Gasteiger partial charge in [0.05, 0.1) is 40.0 Å². The van der Waals surface area contributed by atoms with Crippen LogP contribution in [0.1, 0.15) is 40.8 Å². The molecule has 210 valence electrons. The number of carbonyl (C=O) groups excluding carboxylic acids is 1. The smallest absolute Gasteiger partial charge is 0.410 e. The van der Waals surface area contributed by atoms with E-state index in [4.69, 9.17) is 20.7 Å². The van der Waals surface area contributed by atoms with Crippen LogP contribution in [0.5, 0.6) is 0 Å². The summed E-state index contributed by atoms with van der Waals surface area (Å²) in [5.41, 5.74) is 8.99. The van der Waals surface area contributed by atoms with Crippen LogP contribution in [0.3, 0.4) is 0 Å². The predicted octanol–water partition coefficient (Wildman–Crippen LogP) is 3.14. The Morgan fingerprint density at radius 1 is 1.29 bits per heavy atom. The van der Waals surface area contributed by atoms with Crippen molar-refractivity contribution in [3.05, 3.63) is 74.8 Å². The second-order valence-corrected chi connectivity index (χ2v) is 11.4. The average molecular weight is 572 g/mol. The van der Waals surface area contributed by atoms with Crippen LogP contribution in [0, 0.1) is 18.3 Å². The highest BCUT2D eigenvalue weighted by Gasteiger charge is 2.38. The number of hydrogen-bond acceptors (Lipinski definition) is 10. The van der Waals surface area contributed by atoms with E-state index in [0.717, 1.165) is 23.2 Å². The first-order valence-electron chi connectivity index (χ1n) is 13.4. The van der Waals surface area contributed by atoms with Gasteiger partial charge in [-0.2, -0.15) is 5.26 Å². The van der Waals surface area contributed by atoms with Crippen LogP contribution < -0.4 is 16.6 Å². The van der Waals surface area contributed by atoms with Crippen LogP contribution in [0.25, 0.3) is 21.5 Å². The molecular formula is C29H29N7O4S. The van der Waals surface area contributed by atoms with Gasteiger partial charge in [0, 0.05) is 36.6 Å². The normalized spacial score (nSPS) is 19.1. The topological polar surface area (TPSA) is 159 Å². The second-order valence-electron chi connectivity index (χ2n) is 10.4. The third-order valence-corrected chi connectivity index (χ3v) is 8.85. The molecule has 2 saturated heterocycles. The zero-order valence-electron chi connectivity index (χ0n) is 22.4. The molecule has 4 N–H and O–H groups in total. The van der Waals surface area contributed by atoms with Gasteiger partial charge in [-0.15, -0.1) is 11.3 Å². The number of thiazole rings is 1. The molecule has 0 aliphatic carbocycles. The summed E-state index contributed by atoms with van der Waals surface area (Å²) in [6, 6.07) is 13.0. The number of aliphatic hydroxyl groups excluding tert-OH is 1. The molecular weight excluding hydrogens is 542 g/mol. The van der Waals surface area contributed by atoms with Crippen molar-refractivity contribution in [2.45, 2.75) is 44.5 Å². The maximum absolute atomic E-state index is 13.8. The molecule has 41 heavy (non-hydrogen) atoms. The number of nitrogens with one attached hydrogen (secondary N) is 1. The van der Waals surface area contributed by atoms with Crippen molar-refractivity contribution in [3.8, 4) is 16.6 Å². The van der Waals surface area contributed by atoms with Crippen LogP contribution in [-0.2, 0) is 11.3 Å². The number of nitrogens with zero attached hydrogens (tertiary/aromatic N) is 5. The maximum atomic E-state index is 13.8. The number of aryl methyl sites for hydroxylation is 1. The Bertz CT molecular complexity index is 1730. The Hall–Kier alpha value is -4.31. The SMILES string of the molecule is Cc1nc2cc(-c3ncc([C@H](O)CN)s3)c(N[C@H]3CCN4C(=O)OC[C@@H]4C3)cc2c(=O)n1Cc1ccc(C#N)cc1. The Kier molecular flexibility index (Phi) is 7.17. The zero-order chi connectivity index (χ0) is 28.7. The van der Waals surface area contributed by atoms with E-state index in [9.17, 15) is 14.7 Å². The maximum Gasteiger partial charge on any atom is 0.410 e. The summed E-state index contributed by atoms with van der Waals surface area (Å²) in [7, 11) is 0. The van der Waals surface area contributed by atoms with E-state index in [1.54, 1.807) is 34.7 Å². The lowest BCUT2D eigenvalue weighted by Gasteiger charge is -2.33. The Morgan fingerprint density at radius 3 is 2.85 bits per heavy atom. The number of nitriles is 1. The number of amides is 1. The number of benzene rings is 2. The largest absolute Gasteiger partial charge is 0.447 e. The minimum atomic E-state index is -0.808. The first-order chi connectivity index (χ1) is 19.8. The standard InChI is InChI=1S/C29H29N7O4S/c1-16-33-24-9-21(27-32-13-26(41-27)25(37)12-31)23(34-19-6-7-35-20(8-19)15-40-29(35)39)10-22(24)28(38)36(16)14-18-4-2-17(11-30)3-5-18/h2-5,9-10,13,19-20,25,34,37H,6-8,12,14-15,31H2,1H3/t19-,20-,25+/m0/s1. The summed E-state index contributed by atoms with van der Waals surface area (Å²) in [5.74, 6) is 0.565. The zero-order valence-corrected chi connectivity index (χ0v) is 23.2. The first-order valence-corrected chi connectivity index (χ1v) is 14.2. The van der Waals surface area contributed by atoms with Gasteiger partial charge in [0.1, 0.15) is 23.5 Å². The van der Waals surface area contributed by atoms with E-state index in [1.165, 1.54) is 11.3 Å². The molecule has 0 spiro atoms. The number of aliphatic hydroxyl groups is 1. The van der Waals surface area contributed by atoms with Gasteiger partial charge in [0.15, 0.2) is 0 Å². The molecule has 0 saturated carbocycles. The Morgan fingerprint density at radius 2 is 2.10 bits per heavy atom. The molecule has 4 heterocycles. The molecule has 2 aromatic carbocycles. The van der Waals surface area contributed by atoms with E-state index in [2.05, 4.69) is 16.4 Å². The van der Waals surface area contributed by atoms with Crippen molar-refractivity contribution in [1.82, 2.24) is 19.4 Å². The number of nitrogens with two attached hydrogens (primary N) is 1. The van der Waals surface area contributed by atoms with E-state index >= 15 is 0 Å². The molecule has 0 radical (unpaired) electrons. The molecule has 2 aromatic heterocycles. The van der Waals surface area contributed by atoms with Crippen LogP contribution in [0.2, 0.25) is 0 Å². The highest BCUT2D eigenvalue weighted by atomic mass is 32.1. The number of cyclic esters (lactones) is 1. The number of aromatic nitrogens is 3. The van der Waals surface area contributed by atoms with E-state index < -0.39 is 6.10 Å². The number of anilines is 1. The van der Waals surface area contributed by atoms with E-state index in [-0.39, 0.29) is 30.3 Å². The van der Waals surface area contributed by atoms with Crippen LogP contribution >= 0.6 is 11.3 Å². The van der Waals surface area contributed by atoms with E-state index in [0.29, 0.717) is 58.3 Å². The number of ether oxygens (including phenoxy) is 1. The van der Waals surface area contributed by atoms with Gasteiger partial charge in [-0.25, -0.2) is 14.8 Å². The monoisotopic (exact) mass is 571 g/mol. The lowest BCUT2D eigenvalue weighted by atomic mass is 9.97. The quantitative estimate of drug-likeness (QED) is 0.303. The predicted molar refractivity (Wildman–Crippen MR) is 155 cm³/mol. The van der Waals surface area contributed by atoms with Crippen LogP contribution in [0.15, 0.2) is 47.4 Å². The number of rotatable bonds is 7. The molecule has 4 aromatic rings. The van der Waals surface area contributed by atoms with Gasteiger partial charge in [-0.3, -0.25) is 9.36 Å². The molecule has 0 unspecified atom stereocenters. The third kappa shape index (κ3) is 5.15. The van der Waals surface area contributed by atoms with E-state index in [1.807, 2.05) is 24.3 Å². The lowest BCUT2D eigenvalue weighted by molar-refractivity contribution is 0.153. The van der Waals surface area contributed by atoms with Gasteiger partial charge >= 0.3 is 6.09 Å². The molecule has 11 nitrogen and oxygen atoms in total. The summed E-state index contributed by atoms with van der Waals surface area (Å²) >= 11 is 1.35. The Balaban J connectivity index is 1.41. The molecule has 1 amide bonds. The van der Waals surface area contributed by atoms with Gasteiger partial charge in [-0.1, -0.05) is 12.1 Å². The number of hydrogen-bond donors (Lipinski definition) is 3. The third-order valence-electron chi connectivity index (χ3n) is 7.72.